The van der Waals surface area contributed by atoms with Crippen LogP contribution in [0.4, 0.5) is 15.8 Å². The van der Waals surface area contributed by atoms with Crippen molar-refractivity contribution < 1.29 is 9.18 Å². The molecule has 4 rings (SSSR count). The van der Waals surface area contributed by atoms with E-state index in [1.165, 1.54) is 12.1 Å². The van der Waals surface area contributed by atoms with Crippen LogP contribution in [0.5, 0.6) is 0 Å². The van der Waals surface area contributed by atoms with Crippen LogP contribution in [0.2, 0.25) is 0 Å². The van der Waals surface area contributed by atoms with E-state index in [0.29, 0.717) is 17.2 Å². The smallest absolute Gasteiger partial charge is 0.295 e. The molecule has 0 saturated heterocycles. The summed E-state index contributed by atoms with van der Waals surface area (Å²) < 4.78 is 14.9. The predicted octanol–water partition coefficient (Wildman–Crippen LogP) is 4.39. The Morgan fingerprint density at radius 3 is 2.23 bits per heavy atom. The molecule has 1 amide bonds. The Labute approximate surface area is 173 Å². The van der Waals surface area contributed by atoms with Crippen LogP contribution in [0.1, 0.15) is 10.6 Å². The molecule has 0 aliphatic rings. The molecule has 0 bridgehead atoms. The average molecular weight is 401 g/mol. The SMILES string of the molecule is CN(C)c1ccc(NC(=O)c2nc(-c3ccccc3)n(-c3ccc(F)cc3)n2)cc1. The molecular formula is C23H20FN5O. The van der Waals surface area contributed by atoms with Gasteiger partial charge in [0.25, 0.3) is 5.91 Å². The highest BCUT2D eigenvalue weighted by atomic mass is 19.1. The fourth-order valence-corrected chi connectivity index (χ4v) is 2.97. The highest BCUT2D eigenvalue weighted by Gasteiger charge is 2.19. The number of hydrogen-bond donors (Lipinski definition) is 1. The first-order chi connectivity index (χ1) is 14.5. The highest BCUT2D eigenvalue weighted by Crippen LogP contribution is 2.22. The maximum atomic E-state index is 13.4. The number of rotatable bonds is 5. The van der Waals surface area contributed by atoms with E-state index in [0.717, 1.165) is 11.3 Å². The van der Waals surface area contributed by atoms with Gasteiger partial charge in [0.2, 0.25) is 5.82 Å². The summed E-state index contributed by atoms with van der Waals surface area (Å²) in [5.74, 6) is -0.255. The molecule has 0 saturated carbocycles. The van der Waals surface area contributed by atoms with E-state index in [2.05, 4.69) is 15.4 Å². The lowest BCUT2D eigenvalue weighted by atomic mass is 10.2. The topological polar surface area (TPSA) is 63.1 Å². The van der Waals surface area contributed by atoms with E-state index in [1.54, 1.807) is 16.8 Å². The van der Waals surface area contributed by atoms with Crippen LogP contribution in [0.3, 0.4) is 0 Å². The lowest BCUT2D eigenvalue weighted by Crippen LogP contribution is -2.14. The van der Waals surface area contributed by atoms with Gasteiger partial charge in [0.15, 0.2) is 5.82 Å². The number of carbonyl (C=O) groups is 1. The van der Waals surface area contributed by atoms with Gasteiger partial charge in [-0.15, -0.1) is 5.10 Å². The summed E-state index contributed by atoms with van der Waals surface area (Å²) in [6.07, 6.45) is 0. The second-order valence-corrected chi connectivity index (χ2v) is 6.91. The van der Waals surface area contributed by atoms with Gasteiger partial charge in [0.1, 0.15) is 5.82 Å². The minimum atomic E-state index is -0.425. The second-order valence-electron chi connectivity index (χ2n) is 6.91. The van der Waals surface area contributed by atoms with Crippen molar-refractivity contribution in [1.82, 2.24) is 14.8 Å². The molecule has 1 N–H and O–H groups in total. The fraction of sp³-hybridized carbons (Fsp3) is 0.0870. The molecule has 6 nitrogen and oxygen atoms in total. The zero-order valence-corrected chi connectivity index (χ0v) is 16.6. The van der Waals surface area contributed by atoms with E-state index in [1.807, 2.05) is 73.6 Å². The summed E-state index contributed by atoms with van der Waals surface area (Å²) in [6.45, 7) is 0. The standard InChI is InChI=1S/C23H20FN5O/c1-28(2)19-14-10-18(11-15-19)25-23(30)21-26-22(16-6-4-3-5-7-16)29(27-21)20-12-8-17(24)9-13-20/h3-15H,1-2H3,(H,25,30). The number of nitrogens with zero attached hydrogens (tertiary/aromatic N) is 4. The van der Waals surface area contributed by atoms with E-state index < -0.39 is 5.91 Å². The van der Waals surface area contributed by atoms with Gasteiger partial charge in [0.05, 0.1) is 5.69 Å². The monoisotopic (exact) mass is 401 g/mol. The molecule has 3 aromatic carbocycles. The second kappa shape index (κ2) is 8.16. The van der Waals surface area contributed by atoms with E-state index in [4.69, 9.17) is 0 Å². The highest BCUT2D eigenvalue weighted by molar-refractivity contribution is 6.01. The number of halogens is 1. The van der Waals surface area contributed by atoms with Gasteiger partial charge in [-0.25, -0.2) is 14.1 Å². The molecule has 150 valence electrons. The molecule has 0 aliphatic heterocycles. The first-order valence-electron chi connectivity index (χ1n) is 9.38. The zero-order chi connectivity index (χ0) is 21.1. The van der Waals surface area contributed by atoms with Crippen molar-refractivity contribution in [2.75, 3.05) is 24.3 Å². The van der Waals surface area contributed by atoms with Crippen LogP contribution in [0.15, 0.2) is 78.9 Å². The summed E-state index contributed by atoms with van der Waals surface area (Å²) in [6, 6.07) is 22.8. The molecule has 0 spiro atoms. The van der Waals surface area contributed by atoms with Crippen LogP contribution in [0, 0.1) is 5.82 Å². The quantitative estimate of drug-likeness (QED) is 0.539. The third kappa shape index (κ3) is 4.05. The number of aromatic nitrogens is 3. The molecule has 7 heteroatoms. The maximum Gasteiger partial charge on any atom is 0.295 e. The van der Waals surface area contributed by atoms with Crippen LogP contribution in [-0.4, -0.2) is 34.8 Å². The molecular weight excluding hydrogens is 381 g/mol. The molecule has 0 aliphatic carbocycles. The van der Waals surface area contributed by atoms with Crippen molar-refractivity contribution in [1.29, 1.82) is 0 Å². The Morgan fingerprint density at radius 2 is 1.60 bits per heavy atom. The summed E-state index contributed by atoms with van der Waals surface area (Å²) >= 11 is 0. The average Bonchev–Trinajstić information content (AvgIpc) is 3.21. The molecule has 0 radical (unpaired) electrons. The van der Waals surface area contributed by atoms with Gasteiger partial charge in [-0.3, -0.25) is 4.79 Å². The third-order valence-corrected chi connectivity index (χ3v) is 4.55. The molecule has 30 heavy (non-hydrogen) atoms. The molecule has 0 fully saturated rings. The summed E-state index contributed by atoms with van der Waals surface area (Å²) in [7, 11) is 3.90. The zero-order valence-electron chi connectivity index (χ0n) is 16.6. The first-order valence-corrected chi connectivity index (χ1v) is 9.38. The molecule has 0 atom stereocenters. The number of carbonyl (C=O) groups excluding carboxylic acids is 1. The van der Waals surface area contributed by atoms with Gasteiger partial charge in [-0.2, -0.15) is 0 Å². The van der Waals surface area contributed by atoms with Crippen LogP contribution < -0.4 is 10.2 Å². The Hall–Kier alpha value is -4.00. The van der Waals surface area contributed by atoms with Gasteiger partial charge in [0, 0.05) is 31.0 Å². The van der Waals surface area contributed by atoms with Gasteiger partial charge < -0.3 is 10.2 Å². The number of nitrogens with one attached hydrogen (secondary N) is 1. The molecule has 4 aromatic rings. The number of amides is 1. The minimum absolute atomic E-state index is 0.0230. The molecule has 0 unspecified atom stereocenters. The van der Waals surface area contributed by atoms with Gasteiger partial charge in [-0.05, 0) is 48.5 Å². The van der Waals surface area contributed by atoms with Gasteiger partial charge >= 0.3 is 0 Å². The summed E-state index contributed by atoms with van der Waals surface area (Å²) in [5.41, 5.74) is 3.07. The largest absolute Gasteiger partial charge is 0.378 e. The summed E-state index contributed by atoms with van der Waals surface area (Å²) in [4.78, 5) is 19.2. The number of hydrogen-bond acceptors (Lipinski definition) is 4. The number of anilines is 2. The Kier molecular flexibility index (Phi) is 5.26. The van der Waals surface area contributed by atoms with Crippen molar-refractivity contribution in [2.24, 2.45) is 0 Å². The van der Waals surface area contributed by atoms with Crippen molar-refractivity contribution in [3.8, 4) is 17.1 Å². The Bertz CT molecular complexity index is 1150. The van der Waals surface area contributed by atoms with Crippen LogP contribution >= 0.6 is 0 Å². The lowest BCUT2D eigenvalue weighted by molar-refractivity contribution is 0.101. The van der Waals surface area contributed by atoms with E-state index in [9.17, 15) is 9.18 Å². The molecule has 1 aromatic heterocycles. The van der Waals surface area contributed by atoms with Crippen molar-refractivity contribution in [3.63, 3.8) is 0 Å². The fourth-order valence-electron chi connectivity index (χ4n) is 2.97. The van der Waals surface area contributed by atoms with Crippen LogP contribution in [-0.2, 0) is 0 Å². The predicted molar refractivity (Wildman–Crippen MR) is 115 cm³/mol. The van der Waals surface area contributed by atoms with Crippen molar-refractivity contribution in [3.05, 3.63) is 90.5 Å². The Balaban J connectivity index is 1.68. The minimum Gasteiger partial charge on any atom is -0.378 e. The van der Waals surface area contributed by atoms with E-state index >= 15 is 0 Å². The normalized spacial score (nSPS) is 10.6. The summed E-state index contributed by atoms with van der Waals surface area (Å²) in [5, 5.41) is 7.21. The van der Waals surface area contributed by atoms with Crippen molar-refractivity contribution >= 4 is 17.3 Å². The van der Waals surface area contributed by atoms with Gasteiger partial charge in [-0.1, -0.05) is 30.3 Å². The maximum absolute atomic E-state index is 13.4. The first kappa shape index (κ1) is 19.3. The van der Waals surface area contributed by atoms with E-state index in [-0.39, 0.29) is 11.6 Å². The van der Waals surface area contributed by atoms with Crippen LogP contribution in [0.25, 0.3) is 17.1 Å². The third-order valence-electron chi connectivity index (χ3n) is 4.55. The Morgan fingerprint density at radius 1 is 0.933 bits per heavy atom. The number of benzene rings is 3. The molecule has 1 heterocycles. The van der Waals surface area contributed by atoms with Crippen molar-refractivity contribution in [2.45, 2.75) is 0 Å². The lowest BCUT2D eigenvalue weighted by Gasteiger charge is -2.12.